The minimum absolute atomic E-state index is 0.523. The predicted octanol–water partition coefficient (Wildman–Crippen LogP) is 3.65. The van der Waals surface area contributed by atoms with Gasteiger partial charge in [-0.2, -0.15) is 0 Å². The fraction of sp³-hybridized carbons (Fsp3) is 0.286. The minimum Gasteiger partial charge on any atom is -0.493 e. The molecule has 1 heterocycles. The lowest BCUT2D eigenvalue weighted by molar-refractivity contribution is 0.280. The quantitative estimate of drug-likeness (QED) is 0.567. The normalized spacial score (nSPS) is 10.7. The molecule has 0 bridgehead atoms. The third-order valence-electron chi connectivity index (χ3n) is 4.15. The van der Waals surface area contributed by atoms with Gasteiger partial charge in [0, 0.05) is 31.0 Å². The van der Waals surface area contributed by atoms with Gasteiger partial charge in [-0.3, -0.25) is 0 Å². The summed E-state index contributed by atoms with van der Waals surface area (Å²) in [6.45, 7) is 3.15. The van der Waals surface area contributed by atoms with Crippen molar-refractivity contribution >= 4 is 0 Å². The van der Waals surface area contributed by atoms with Gasteiger partial charge in [0.2, 0.25) is 0 Å². The maximum Gasteiger partial charge on any atom is 0.166 e. The van der Waals surface area contributed by atoms with Crippen LogP contribution in [0.15, 0.2) is 67.3 Å². The zero-order chi connectivity index (χ0) is 18.0. The molecule has 0 radical (unpaired) electrons. The maximum atomic E-state index is 6.08. The van der Waals surface area contributed by atoms with E-state index in [-0.39, 0.29) is 0 Å². The van der Waals surface area contributed by atoms with E-state index >= 15 is 0 Å². The first-order chi connectivity index (χ1) is 12.9. The highest BCUT2D eigenvalue weighted by Gasteiger charge is 2.10. The Labute approximate surface area is 154 Å². The number of hydrogen-bond donors (Lipinski definition) is 1. The summed E-state index contributed by atoms with van der Waals surface area (Å²) < 4.78 is 13.7. The number of aromatic nitrogens is 2. The van der Waals surface area contributed by atoms with Crippen LogP contribution in [0.25, 0.3) is 0 Å². The van der Waals surface area contributed by atoms with Crippen LogP contribution in [0.3, 0.4) is 0 Å². The van der Waals surface area contributed by atoms with Crippen molar-refractivity contribution in [2.45, 2.75) is 26.1 Å². The van der Waals surface area contributed by atoms with Crippen molar-refractivity contribution in [3.8, 4) is 11.5 Å². The van der Waals surface area contributed by atoms with Crippen LogP contribution in [0.5, 0.6) is 11.5 Å². The Hall–Kier alpha value is -2.79. The van der Waals surface area contributed by atoms with Crippen molar-refractivity contribution in [3.63, 3.8) is 0 Å². The van der Waals surface area contributed by atoms with E-state index in [2.05, 4.69) is 33.1 Å². The summed E-state index contributed by atoms with van der Waals surface area (Å²) in [4.78, 5) is 4.06. The van der Waals surface area contributed by atoms with Gasteiger partial charge in [-0.25, -0.2) is 4.98 Å². The lowest BCUT2D eigenvalue weighted by Gasteiger charge is -2.16. The van der Waals surface area contributed by atoms with Gasteiger partial charge in [0.25, 0.3) is 0 Å². The Balaban J connectivity index is 1.55. The van der Waals surface area contributed by atoms with Crippen molar-refractivity contribution < 1.29 is 9.47 Å². The first kappa shape index (κ1) is 18.0. The molecule has 0 saturated carbocycles. The Kier molecular flexibility index (Phi) is 6.67. The minimum atomic E-state index is 0.523. The molecule has 1 aromatic heterocycles. The molecule has 0 amide bonds. The molecule has 1 N–H and O–H groups in total. The lowest BCUT2D eigenvalue weighted by Crippen LogP contribution is -2.17. The summed E-state index contributed by atoms with van der Waals surface area (Å²) in [7, 11) is 1.67. The molecular formula is C21H25N3O2. The molecule has 0 aliphatic carbocycles. The number of nitrogens with one attached hydrogen (secondary N) is 1. The van der Waals surface area contributed by atoms with Gasteiger partial charge in [0.1, 0.15) is 6.61 Å². The van der Waals surface area contributed by atoms with E-state index in [9.17, 15) is 0 Å². The lowest BCUT2D eigenvalue weighted by atomic mass is 10.1. The van der Waals surface area contributed by atoms with Crippen molar-refractivity contribution in [1.82, 2.24) is 14.9 Å². The number of methoxy groups -OCH3 is 1. The second kappa shape index (κ2) is 9.63. The van der Waals surface area contributed by atoms with E-state index in [1.165, 1.54) is 0 Å². The fourth-order valence-electron chi connectivity index (χ4n) is 2.78. The van der Waals surface area contributed by atoms with E-state index in [1.54, 1.807) is 13.3 Å². The largest absolute Gasteiger partial charge is 0.493 e. The average molecular weight is 351 g/mol. The second-order valence-electron chi connectivity index (χ2n) is 6.05. The van der Waals surface area contributed by atoms with Crippen LogP contribution < -0.4 is 14.8 Å². The van der Waals surface area contributed by atoms with E-state index in [4.69, 9.17) is 9.47 Å². The number of imidazole rings is 1. The molecule has 0 fully saturated rings. The zero-order valence-electron chi connectivity index (χ0n) is 15.1. The van der Waals surface area contributed by atoms with Crippen LogP contribution in [0.1, 0.15) is 17.5 Å². The van der Waals surface area contributed by atoms with Gasteiger partial charge in [0.15, 0.2) is 11.5 Å². The molecule has 0 atom stereocenters. The molecule has 2 aromatic carbocycles. The molecule has 5 heteroatoms. The number of nitrogens with zero attached hydrogens (tertiary/aromatic N) is 2. The molecule has 26 heavy (non-hydrogen) atoms. The molecule has 0 spiro atoms. The third kappa shape index (κ3) is 5.10. The van der Waals surface area contributed by atoms with Crippen LogP contribution in [-0.4, -0.2) is 23.2 Å². The zero-order valence-corrected chi connectivity index (χ0v) is 15.1. The third-order valence-corrected chi connectivity index (χ3v) is 4.15. The monoisotopic (exact) mass is 351 g/mol. The van der Waals surface area contributed by atoms with Crippen molar-refractivity contribution in [2.24, 2.45) is 0 Å². The molecular weight excluding hydrogens is 326 g/mol. The molecule has 3 aromatic rings. The van der Waals surface area contributed by atoms with Gasteiger partial charge >= 0.3 is 0 Å². The van der Waals surface area contributed by atoms with Crippen LogP contribution in [0.2, 0.25) is 0 Å². The van der Waals surface area contributed by atoms with Crippen molar-refractivity contribution in [1.29, 1.82) is 0 Å². The Morgan fingerprint density at radius 3 is 2.73 bits per heavy atom. The maximum absolute atomic E-state index is 6.08. The van der Waals surface area contributed by atoms with E-state index < -0.39 is 0 Å². The number of para-hydroxylation sites is 1. The van der Waals surface area contributed by atoms with E-state index in [0.29, 0.717) is 6.61 Å². The highest BCUT2D eigenvalue weighted by molar-refractivity contribution is 5.46. The number of benzene rings is 2. The average Bonchev–Trinajstić information content (AvgIpc) is 3.20. The Morgan fingerprint density at radius 2 is 1.96 bits per heavy atom. The van der Waals surface area contributed by atoms with Gasteiger partial charge in [-0.15, -0.1) is 0 Å². The van der Waals surface area contributed by atoms with Gasteiger partial charge in [-0.1, -0.05) is 42.5 Å². The van der Waals surface area contributed by atoms with Crippen LogP contribution in [-0.2, 0) is 19.7 Å². The summed E-state index contributed by atoms with van der Waals surface area (Å²) in [6, 6.07) is 16.2. The SMILES string of the molecule is COc1cccc(CNCCCn2ccnc2)c1OCc1ccccc1. The number of hydrogen-bond acceptors (Lipinski definition) is 4. The summed E-state index contributed by atoms with van der Waals surface area (Å²) in [5.74, 6) is 1.57. The summed E-state index contributed by atoms with van der Waals surface area (Å²) >= 11 is 0. The topological polar surface area (TPSA) is 48.3 Å². The molecule has 0 unspecified atom stereocenters. The van der Waals surface area contributed by atoms with Crippen molar-refractivity contribution in [3.05, 3.63) is 78.4 Å². The highest BCUT2D eigenvalue weighted by atomic mass is 16.5. The summed E-state index contributed by atoms with van der Waals surface area (Å²) in [5.41, 5.74) is 2.24. The van der Waals surface area contributed by atoms with Crippen LogP contribution >= 0.6 is 0 Å². The summed E-state index contributed by atoms with van der Waals surface area (Å²) in [6.07, 6.45) is 6.68. The van der Waals surface area contributed by atoms with E-state index in [0.717, 1.165) is 48.7 Å². The number of ether oxygens (including phenoxy) is 2. The molecule has 136 valence electrons. The Bertz CT molecular complexity index is 773. The van der Waals surface area contributed by atoms with Crippen LogP contribution in [0.4, 0.5) is 0 Å². The van der Waals surface area contributed by atoms with Crippen molar-refractivity contribution in [2.75, 3.05) is 13.7 Å². The smallest absolute Gasteiger partial charge is 0.166 e. The first-order valence-electron chi connectivity index (χ1n) is 8.86. The highest BCUT2D eigenvalue weighted by Crippen LogP contribution is 2.31. The van der Waals surface area contributed by atoms with Gasteiger partial charge in [0.05, 0.1) is 13.4 Å². The van der Waals surface area contributed by atoms with Gasteiger partial charge < -0.3 is 19.4 Å². The van der Waals surface area contributed by atoms with Gasteiger partial charge in [-0.05, 0) is 24.6 Å². The van der Waals surface area contributed by atoms with E-state index in [1.807, 2.05) is 42.9 Å². The molecule has 0 saturated heterocycles. The Morgan fingerprint density at radius 1 is 1.08 bits per heavy atom. The second-order valence-corrected chi connectivity index (χ2v) is 6.05. The molecule has 5 nitrogen and oxygen atoms in total. The standard InChI is InChI=1S/C21H25N3O2/c1-25-20-10-5-9-19(15-22-11-6-13-24-14-12-23-17-24)21(20)26-16-18-7-3-2-4-8-18/h2-5,7-10,12,14,17,22H,6,11,13,15-16H2,1H3. The first-order valence-corrected chi connectivity index (χ1v) is 8.86. The molecule has 3 rings (SSSR count). The molecule has 0 aliphatic rings. The fourth-order valence-corrected chi connectivity index (χ4v) is 2.78. The number of rotatable bonds is 10. The summed E-state index contributed by atoms with van der Waals surface area (Å²) in [5, 5.41) is 3.48. The number of aryl methyl sites for hydroxylation is 1. The van der Waals surface area contributed by atoms with Crippen LogP contribution in [0, 0.1) is 0 Å². The molecule has 0 aliphatic heterocycles. The predicted molar refractivity (Wildman–Crippen MR) is 102 cm³/mol.